The van der Waals surface area contributed by atoms with E-state index in [0.29, 0.717) is 12.8 Å². The Morgan fingerprint density at radius 1 is 1.56 bits per heavy atom. The molecule has 0 aromatic carbocycles. The zero-order valence-electron chi connectivity index (χ0n) is 5.25. The highest BCUT2D eigenvalue weighted by Crippen LogP contribution is 2.22. The number of ether oxygens (including phenoxy) is 1. The van der Waals surface area contributed by atoms with Crippen LogP contribution >= 0.6 is 0 Å². The van der Waals surface area contributed by atoms with Crippen LogP contribution in [0, 0.1) is 0 Å². The Hall–Kier alpha value is -0.120. The van der Waals surface area contributed by atoms with Gasteiger partial charge in [0.1, 0.15) is 6.61 Å². The van der Waals surface area contributed by atoms with E-state index in [1.165, 1.54) is 0 Å². The van der Waals surface area contributed by atoms with Crippen molar-refractivity contribution in [3.8, 4) is 0 Å². The van der Waals surface area contributed by atoms with Crippen LogP contribution in [0.5, 0.6) is 0 Å². The van der Waals surface area contributed by atoms with Crippen LogP contribution in [0.3, 0.4) is 0 Å². The van der Waals surface area contributed by atoms with Crippen molar-refractivity contribution in [1.82, 2.24) is 0 Å². The lowest BCUT2D eigenvalue weighted by atomic mass is 9.92. The molecule has 0 atom stereocenters. The first kappa shape index (κ1) is 6.99. The van der Waals surface area contributed by atoms with E-state index in [1.54, 1.807) is 0 Å². The zero-order valence-corrected chi connectivity index (χ0v) is 5.25. The number of hydrogen-bond acceptors (Lipinski definition) is 2. The Labute approximate surface area is 54.3 Å². The van der Waals surface area contributed by atoms with Crippen molar-refractivity contribution >= 4 is 0 Å². The third-order valence-corrected chi connectivity index (χ3v) is 1.51. The second kappa shape index (κ2) is 3.15. The smallest absolute Gasteiger partial charge is 0.106 e. The summed E-state index contributed by atoms with van der Waals surface area (Å²) in [5.74, 6) is 0. The van der Waals surface area contributed by atoms with Crippen LogP contribution in [-0.4, -0.2) is 30.5 Å². The van der Waals surface area contributed by atoms with Gasteiger partial charge in [0.05, 0.1) is 18.8 Å². The lowest BCUT2D eigenvalue weighted by molar-refractivity contribution is -0.0826. The lowest BCUT2D eigenvalue weighted by Gasteiger charge is -2.30. The summed E-state index contributed by atoms with van der Waals surface area (Å²) in [5, 5.41) is 18.6. The molecule has 1 N–H and O–H groups in total. The minimum absolute atomic E-state index is 0.161. The molecule has 0 unspecified atom stereocenters. The van der Waals surface area contributed by atoms with E-state index in [0.717, 1.165) is 0 Å². The largest absolute Gasteiger partial charge is 0.393 e. The summed E-state index contributed by atoms with van der Waals surface area (Å²) in [6, 6.07) is 0. The van der Waals surface area contributed by atoms with E-state index in [-0.39, 0.29) is 25.4 Å². The Kier molecular flexibility index (Phi) is 2.45. The van der Waals surface area contributed by atoms with E-state index in [1.807, 2.05) is 0 Å². The van der Waals surface area contributed by atoms with E-state index in [4.69, 9.17) is 9.84 Å². The van der Waals surface area contributed by atoms with Crippen molar-refractivity contribution < 1.29 is 14.9 Å². The summed E-state index contributed by atoms with van der Waals surface area (Å²) in [6.45, 7) is 0.115. The third-order valence-electron chi connectivity index (χ3n) is 1.51. The molecule has 1 rings (SSSR count). The van der Waals surface area contributed by atoms with E-state index < -0.39 is 0 Å². The van der Waals surface area contributed by atoms with Gasteiger partial charge < -0.3 is 9.84 Å². The van der Waals surface area contributed by atoms with Crippen LogP contribution < -0.4 is 0 Å². The molecule has 1 fully saturated rings. The van der Waals surface area contributed by atoms with Crippen LogP contribution in [0.2, 0.25) is 0 Å². The fourth-order valence-electron chi connectivity index (χ4n) is 0.889. The van der Waals surface area contributed by atoms with Crippen molar-refractivity contribution in [2.45, 2.75) is 25.0 Å². The summed E-state index contributed by atoms with van der Waals surface area (Å²) in [6.07, 6.45) is 1.40. The molecular weight excluding hydrogens is 120 g/mol. The normalized spacial score (nSPS) is 34.0. The van der Waals surface area contributed by atoms with Crippen molar-refractivity contribution in [3.63, 3.8) is 0 Å². The van der Waals surface area contributed by atoms with Gasteiger partial charge >= 0.3 is 0 Å². The summed E-state index contributed by atoms with van der Waals surface area (Å²) in [4.78, 5) is 0. The molecule has 0 aliphatic heterocycles. The average Bonchev–Trinajstić information content (AvgIpc) is 1.78. The van der Waals surface area contributed by atoms with E-state index in [9.17, 15) is 5.11 Å². The van der Waals surface area contributed by atoms with Crippen molar-refractivity contribution in [1.29, 1.82) is 0 Å². The molecule has 3 nitrogen and oxygen atoms in total. The second-order valence-electron chi connectivity index (χ2n) is 2.32. The molecule has 0 aromatic heterocycles. The molecule has 0 amide bonds. The predicted molar refractivity (Wildman–Crippen MR) is 30.5 cm³/mol. The summed E-state index contributed by atoms with van der Waals surface area (Å²) in [7, 11) is 0. The Bertz CT molecular complexity index is 78.4. The van der Waals surface area contributed by atoms with Gasteiger partial charge in [-0.15, -0.1) is 0 Å². The topological polar surface area (TPSA) is 49.4 Å². The second-order valence-corrected chi connectivity index (χ2v) is 2.32. The molecule has 0 bridgehead atoms. The van der Waals surface area contributed by atoms with Gasteiger partial charge in [-0.1, -0.05) is 0 Å². The van der Waals surface area contributed by atoms with Gasteiger partial charge in [0.25, 0.3) is 0 Å². The molecule has 0 saturated heterocycles. The molecule has 9 heavy (non-hydrogen) atoms. The van der Waals surface area contributed by atoms with Crippen LogP contribution in [-0.2, 0) is 9.84 Å². The first-order valence-electron chi connectivity index (χ1n) is 3.20. The molecular formula is C6H11O3. The first-order chi connectivity index (χ1) is 4.33. The molecule has 0 aromatic rings. The molecule has 1 aliphatic rings. The van der Waals surface area contributed by atoms with Crippen molar-refractivity contribution in [2.24, 2.45) is 0 Å². The van der Waals surface area contributed by atoms with Gasteiger partial charge in [-0.3, -0.25) is 0 Å². The molecule has 3 heteroatoms. The minimum Gasteiger partial charge on any atom is -0.393 e. The minimum atomic E-state index is -0.179. The lowest BCUT2D eigenvalue weighted by Crippen LogP contribution is -2.35. The maximum Gasteiger partial charge on any atom is 0.106 e. The summed E-state index contributed by atoms with van der Waals surface area (Å²) >= 11 is 0. The van der Waals surface area contributed by atoms with Crippen LogP contribution in [0.15, 0.2) is 0 Å². The molecule has 1 saturated carbocycles. The highest BCUT2D eigenvalue weighted by molar-refractivity contribution is 4.78. The van der Waals surface area contributed by atoms with Gasteiger partial charge in [-0.25, -0.2) is 5.11 Å². The van der Waals surface area contributed by atoms with Crippen LogP contribution in [0.4, 0.5) is 0 Å². The number of aliphatic hydroxyl groups is 1. The molecule has 1 radical (unpaired) electrons. The maximum absolute atomic E-state index is 9.87. The summed E-state index contributed by atoms with van der Waals surface area (Å²) in [5.41, 5.74) is 0. The van der Waals surface area contributed by atoms with Gasteiger partial charge in [0.15, 0.2) is 0 Å². The molecule has 0 spiro atoms. The number of aliphatic hydroxyl groups excluding tert-OH is 1. The quantitative estimate of drug-likeness (QED) is 0.584. The predicted octanol–water partition coefficient (Wildman–Crippen LogP) is -0.0432. The van der Waals surface area contributed by atoms with Crippen molar-refractivity contribution in [2.75, 3.05) is 13.2 Å². The Morgan fingerprint density at radius 2 is 2.22 bits per heavy atom. The first-order valence-corrected chi connectivity index (χ1v) is 3.20. The standard InChI is InChI=1S/C6H11O3/c7-1-2-9-6-3-5(8)4-6/h5-6,8H,1-4H2. The summed E-state index contributed by atoms with van der Waals surface area (Å²) < 4.78 is 5.03. The van der Waals surface area contributed by atoms with E-state index in [2.05, 4.69) is 0 Å². The van der Waals surface area contributed by atoms with Gasteiger partial charge in [0.2, 0.25) is 0 Å². The van der Waals surface area contributed by atoms with E-state index >= 15 is 0 Å². The average molecular weight is 131 g/mol. The SMILES string of the molecule is [O]CCOC1CC(O)C1. The fraction of sp³-hybridized carbons (Fsp3) is 1.00. The highest BCUT2D eigenvalue weighted by Gasteiger charge is 2.27. The zero-order chi connectivity index (χ0) is 6.69. The van der Waals surface area contributed by atoms with Crippen molar-refractivity contribution in [3.05, 3.63) is 0 Å². The highest BCUT2D eigenvalue weighted by atomic mass is 16.5. The fourth-order valence-corrected chi connectivity index (χ4v) is 0.889. The molecule has 53 valence electrons. The van der Waals surface area contributed by atoms with Crippen LogP contribution in [0.1, 0.15) is 12.8 Å². The molecule has 1 aliphatic carbocycles. The molecule has 0 heterocycles. The Balaban J connectivity index is 1.91. The third kappa shape index (κ3) is 1.93. The number of rotatable bonds is 3. The van der Waals surface area contributed by atoms with Crippen LogP contribution in [0.25, 0.3) is 0 Å². The van der Waals surface area contributed by atoms with Gasteiger partial charge in [-0.05, 0) is 12.8 Å². The monoisotopic (exact) mass is 131 g/mol. The number of hydrogen-bond donors (Lipinski definition) is 1. The van der Waals surface area contributed by atoms with Gasteiger partial charge in [-0.2, -0.15) is 0 Å². The van der Waals surface area contributed by atoms with Gasteiger partial charge in [0, 0.05) is 0 Å². The Morgan fingerprint density at radius 3 is 2.67 bits per heavy atom. The maximum atomic E-state index is 9.87.